The van der Waals surface area contributed by atoms with Crippen LogP contribution in [0.3, 0.4) is 0 Å². The minimum absolute atomic E-state index is 0.334. The number of nitrogens with zero attached hydrogens (tertiary/aromatic N) is 1. The largest absolute Gasteiger partial charge is 0.298 e. The van der Waals surface area contributed by atoms with Crippen molar-refractivity contribution in [1.82, 2.24) is 4.90 Å². The van der Waals surface area contributed by atoms with Crippen molar-refractivity contribution in [3.05, 3.63) is 12.2 Å². The maximum absolute atomic E-state index is 2.57. The van der Waals surface area contributed by atoms with Gasteiger partial charge in [-0.25, -0.2) is 0 Å². The third-order valence-corrected chi connectivity index (χ3v) is 2.49. The molecule has 1 heterocycles. The van der Waals surface area contributed by atoms with Gasteiger partial charge in [0.1, 0.15) is 0 Å². The van der Waals surface area contributed by atoms with E-state index in [-0.39, 0.29) is 0 Å². The molecule has 0 fully saturated rings. The van der Waals surface area contributed by atoms with Crippen LogP contribution in [0.1, 0.15) is 34.1 Å². The highest BCUT2D eigenvalue weighted by Gasteiger charge is 2.22. The molecular formula is C11H21N. The maximum Gasteiger partial charge on any atom is 0.0125 e. The second-order valence-corrected chi connectivity index (χ2v) is 4.81. The summed E-state index contributed by atoms with van der Waals surface area (Å²) in [4.78, 5) is 2.57. The molecule has 0 aliphatic carbocycles. The lowest BCUT2D eigenvalue weighted by atomic mass is 10.0. The van der Waals surface area contributed by atoms with Crippen LogP contribution in [0.25, 0.3) is 0 Å². The fourth-order valence-electron chi connectivity index (χ4n) is 1.67. The lowest BCUT2D eigenvalue weighted by Gasteiger charge is -2.35. The van der Waals surface area contributed by atoms with E-state index in [2.05, 4.69) is 44.7 Å². The summed E-state index contributed by atoms with van der Waals surface area (Å²) in [6, 6.07) is 0. The summed E-state index contributed by atoms with van der Waals surface area (Å²) in [6.07, 6.45) is 5.86. The second kappa shape index (κ2) is 3.61. The Morgan fingerprint density at radius 1 is 1.33 bits per heavy atom. The van der Waals surface area contributed by atoms with E-state index in [9.17, 15) is 0 Å². The van der Waals surface area contributed by atoms with Crippen molar-refractivity contribution in [2.24, 2.45) is 5.92 Å². The average Bonchev–Trinajstić information content (AvgIpc) is 2.11. The normalized spacial score (nSPS) is 27.2. The zero-order chi connectivity index (χ0) is 9.19. The van der Waals surface area contributed by atoms with Gasteiger partial charge >= 0.3 is 0 Å². The molecule has 1 aliphatic rings. The van der Waals surface area contributed by atoms with Gasteiger partial charge in [-0.05, 0) is 33.1 Å². The van der Waals surface area contributed by atoms with E-state index in [1.165, 1.54) is 19.5 Å². The van der Waals surface area contributed by atoms with E-state index < -0.39 is 0 Å². The number of rotatable bonds is 0. The Labute approximate surface area is 76.5 Å². The van der Waals surface area contributed by atoms with Gasteiger partial charge in [-0.2, -0.15) is 0 Å². The lowest BCUT2D eigenvalue weighted by Crippen LogP contribution is -2.43. The van der Waals surface area contributed by atoms with Gasteiger partial charge in [0.25, 0.3) is 0 Å². The fourth-order valence-corrected chi connectivity index (χ4v) is 1.67. The summed E-state index contributed by atoms with van der Waals surface area (Å²) in [6.45, 7) is 11.6. The van der Waals surface area contributed by atoms with Crippen molar-refractivity contribution < 1.29 is 0 Å². The van der Waals surface area contributed by atoms with E-state index >= 15 is 0 Å². The van der Waals surface area contributed by atoms with Gasteiger partial charge in [-0.3, -0.25) is 4.90 Å². The van der Waals surface area contributed by atoms with Crippen LogP contribution in [0.15, 0.2) is 12.2 Å². The Hall–Kier alpha value is -0.300. The van der Waals surface area contributed by atoms with Crippen LogP contribution in [-0.4, -0.2) is 23.5 Å². The summed E-state index contributed by atoms with van der Waals surface area (Å²) in [5, 5.41) is 0. The van der Waals surface area contributed by atoms with Crippen LogP contribution in [0, 0.1) is 5.92 Å². The molecule has 0 saturated heterocycles. The van der Waals surface area contributed by atoms with Crippen molar-refractivity contribution >= 4 is 0 Å². The van der Waals surface area contributed by atoms with E-state index in [1.807, 2.05) is 0 Å². The summed E-state index contributed by atoms with van der Waals surface area (Å²) < 4.78 is 0. The van der Waals surface area contributed by atoms with Gasteiger partial charge in [-0.15, -0.1) is 0 Å². The van der Waals surface area contributed by atoms with Crippen molar-refractivity contribution in [2.45, 2.75) is 39.7 Å². The number of hydrogen-bond acceptors (Lipinski definition) is 1. The predicted molar refractivity (Wildman–Crippen MR) is 54.2 cm³/mol. The van der Waals surface area contributed by atoms with Gasteiger partial charge in [0, 0.05) is 18.6 Å². The highest BCUT2D eigenvalue weighted by Crippen LogP contribution is 2.18. The first-order chi connectivity index (χ1) is 5.50. The van der Waals surface area contributed by atoms with Crippen molar-refractivity contribution in [3.63, 3.8) is 0 Å². The van der Waals surface area contributed by atoms with Gasteiger partial charge in [0.05, 0.1) is 0 Å². The first-order valence-corrected chi connectivity index (χ1v) is 4.92. The van der Waals surface area contributed by atoms with Crippen LogP contribution >= 0.6 is 0 Å². The summed E-state index contributed by atoms with van der Waals surface area (Å²) in [5.41, 5.74) is 0.334. The Bertz CT molecular complexity index is 164. The SMILES string of the molecule is CC1C=CCCN(C(C)(C)C)C1. The Kier molecular flexibility index (Phi) is 2.94. The standard InChI is InChI=1S/C11H21N/c1-10-7-5-6-8-12(9-10)11(2,3)4/h5,7,10H,6,8-9H2,1-4H3. The van der Waals surface area contributed by atoms with Crippen LogP contribution in [0.2, 0.25) is 0 Å². The van der Waals surface area contributed by atoms with Gasteiger partial charge in [-0.1, -0.05) is 19.1 Å². The minimum Gasteiger partial charge on any atom is -0.298 e. The van der Waals surface area contributed by atoms with E-state index in [1.54, 1.807) is 0 Å². The highest BCUT2D eigenvalue weighted by atomic mass is 15.2. The Balaban J connectivity index is 2.57. The fraction of sp³-hybridized carbons (Fsp3) is 0.818. The van der Waals surface area contributed by atoms with Crippen LogP contribution in [0.5, 0.6) is 0 Å². The van der Waals surface area contributed by atoms with Gasteiger partial charge < -0.3 is 0 Å². The molecule has 0 N–H and O–H groups in total. The highest BCUT2D eigenvalue weighted by molar-refractivity contribution is 4.94. The van der Waals surface area contributed by atoms with E-state index in [4.69, 9.17) is 0 Å². The quantitative estimate of drug-likeness (QED) is 0.501. The molecule has 1 unspecified atom stereocenters. The molecule has 70 valence electrons. The topological polar surface area (TPSA) is 3.24 Å². The Morgan fingerprint density at radius 3 is 2.58 bits per heavy atom. The summed E-state index contributed by atoms with van der Waals surface area (Å²) in [7, 11) is 0. The monoisotopic (exact) mass is 167 g/mol. The predicted octanol–water partition coefficient (Wildman–Crippen LogP) is 2.68. The molecular weight excluding hydrogens is 146 g/mol. The lowest BCUT2D eigenvalue weighted by molar-refractivity contribution is 0.131. The molecule has 0 aromatic carbocycles. The summed E-state index contributed by atoms with van der Waals surface area (Å²) in [5.74, 6) is 0.715. The molecule has 1 heteroatoms. The number of hydrogen-bond donors (Lipinski definition) is 0. The molecule has 0 radical (unpaired) electrons. The van der Waals surface area contributed by atoms with Crippen molar-refractivity contribution in [2.75, 3.05) is 13.1 Å². The third kappa shape index (κ3) is 2.63. The molecule has 1 rings (SSSR count). The molecule has 12 heavy (non-hydrogen) atoms. The third-order valence-electron chi connectivity index (χ3n) is 2.49. The summed E-state index contributed by atoms with van der Waals surface area (Å²) >= 11 is 0. The van der Waals surface area contributed by atoms with Crippen LogP contribution in [0.4, 0.5) is 0 Å². The first kappa shape index (κ1) is 9.79. The first-order valence-electron chi connectivity index (χ1n) is 4.92. The van der Waals surface area contributed by atoms with Crippen LogP contribution < -0.4 is 0 Å². The molecule has 0 bridgehead atoms. The second-order valence-electron chi connectivity index (χ2n) is 4.81. The van der Waals surface area contributed by atoms with Gasteiger partial charge in [0.15, 0.2) is 0 Å². The molecule has 0 aromatic heterocycles. The molecule has 0 saturated carbocycles. The zero-order valence-electron chi connectivity index (χ0n) is 8.80. The maximum atomic E-state index is 2.57. The van der Waals surface area contributed by atoms with Crippen molar-refractivity contribution in [3.8, 4) is 0 Å². The molecule has 1 atom stereocenters. The average molecular weight is 167 g/mol. The molecule has 1 nitrogen and oxygen atoms in total. The molecule has 0 aromatic rings. The minimum atomic E-state index is 0.334. The zero-order valence-corrected chi connectivity index (χ0v) is 8.80. The Morgan fingerprint density at radius 2 is 2.00 bits per heavy atom. The molecule has 1 aliphatic heterocycles. The molecule has 0 spiro atoms. The smallest absolute Gasteiger partial charge is 0.0125 e. The molecule has 0 amide bonds. The van der Waals surface area contributed by atoms with E-state index in [0.29, 0.717) is 11.5 Å². The van der Waals surface area contributed by atoms with E-state index in [0.717, 1.165) is 0 Å². The van der Waals surface area contributed by atoms with Gasteiger partial charge in [0.2, 0.25) is 0 Å². The van der Waals surface area contributed by atoms with Crippen molar-refractivity contribution in [1.29, 1.82) is 0 Å². The van der Waals surface area contributed by atoms with Crippen LogP contribution in [-0.2, 0) is 0 Å².